The maximum absolute atomic E-state index is 11.0. The van der Waals surface area contributed by atoms with E-state index in [1.807, 2.05) is 6.07 Å². The number of anilines is 1. The molecule has 1 aromatic heterocycles. The predicted octanol–water partition coefficient (Wildman–Crippen LogP) is 0.425. The molecule has 0 spiro atoms. The van der Waals surface area contributed by atoms with Crippen LogP contribution in [0.15, 0.2) is 30.5 Å². The molecule has 2 rings (SSSR count). The number of amides is 1. The molecule has 0 bridgehead atoms. The predicted molar refractivity (Wildman–Crippen MR) is 61.2 cm³/mol. The number of nitriles is 1. The molecule has 17 heavy (non-hydrogen) atoms. The number of nitrogens with zero attached hydrogens (tertiary/aromatic N) is 3. The van der Waals surface area contributed by atoms with Gasteiger partial charge in [0.15, 0.2) is 5.69 Å². The summed E-state index contributed by atoms with van der Waals surface area (Å²) in [4.78, 5) is 11.0. The van der Waals surface area contributed by atoms with Crippen LogP contribution in [0.5, 0.6) is 0 Å². The van der Waals surface area contributed by atoms with E-state index >= 15 is 0 Å². The molecule has 0 atom stereocenters. The Bertz CT molecular complexity index is 623. The van der Waals surface area contributed by atoms with Gasteiger partial charge in [-0.25, -0.2) is 4.68 Å². The summed E-state index contributed by atoms with van der Waals surface area (Å²) in [5, 5.41) is 12.9. The van der Waals surface area contributed by atoms with E-state index in [0.29, 0.717) is 11.3 Å². The van der Waals surface area contributed by atoms with Crippen molar-refractivity contribution in [3.05, 3.63) is 41.7 Å². The van der Waals surface area contributed by atoms with Crippen molar-refractivity contribution >= 4 is 11.6 Å². The molecule has 2 aromatic rings. The van der Waals surface area contributed by atoms with E-state index in [1.54, 1.807) is 24.3 Å². The normalized spacial score (nSPS) is 9.82. The summed E-state index contributed by atoms with van der Waals surface area (Å²) >= 11 is 0. The van der Waals surface area contributed by atoms with Crippen LogP contribution in [0.2, 0.25) is 0 Å². The van der Waals surface area contributed by atoms with Gasteiger partial charge in [0, 0.05) is 0 Å². The number of primary amides is 1. The van der Waals surface area contributed by atoms with Crippen LogP contribution in [0.4, 0.5) is 5.69 Å². The number of para-hydroxylation sites is 1. The molecule has 0 fully saturated rings. The second kappa shape index (κ2) is 3.98. The molecule has 0 saturated carbocycles. The van der Waals surface area contributed by atoms with Crippen LogP contribution in [0.25, 0.3) is 5.69 Å². The van der Waals surface area contributed by atoms with Gasteiger partial charge >= 0.3 is 0 Å². The van der Waals surface area contributed by atoms with Gasteiger partial charge in [-0.3, -0.25) is 4.79 Å². The summed E-state index contributed by atoms with van der Waals surface area (Å²) in [5.41, 5.74) is 11.9. The quantitative estimate of drug-likeness (QED) is 0.774. The zero-order valence-corrected chi connectivity index (χ0v) is 8.79. The summed E-state index contributed by atoms with van der Waals surface area (Å²) in [7, 11) is 0. The van der Waals surface area contributed by atoms with Crippen LogP contribution in [0, 0.1) is 11.3 Å². The highest BCUT2D eigenvalue weighted by atomic mass is 16.1. The highest BCUT2D eigenvalue weighted by molar-refractivity contribution is 5.95. The van der Waals surface area contributed by atoms with Gasteiger partial charge in [-0.05, 0) is 12.1 Å². The largest absolute Gasteiger partial charge is 0.396 e. The number of aromatic nitrogens is 2. The summed E-state index contributed by atoms with van der Waals surface area (Å²) in [6.07, 6.45) is 1.45. The van der Waals surface area contributed by atoms with Gasteiger partial charge < -0.3 is 11.5 Å². The average Bonchev–Trinajstić information content (AvgIpc) is 2.71. The molecule has 6 heteroatoms. The minimum atomic E-state index is -0.698. The van der Waals surface area contributed by atoms with Crippen molar-refractivity contribution in [3.63, 3.8) is 0 Å². The first-order valence-electron chi connectivity index (χ1n) is 4.78. The van der Waals surface area contributed by atoms with Crippen LogP contribution >= 0.6 is 0 Å². The highest BCUT2D eigenvalue weighted by Crippen LogP contribution is 2.16. The molecule has 0 aliphatic heterocycles. The SMILES string of the molecule is N#Cc1ccccc1-n1cc(N)c(C(N)=O)n1. The topological polar surface area (TPSA) is 111 Å². The summed E-state index contributed by atoms with van der Waals surface area (Å²) in [6.45, 7) is 0. The highest BCUT2D eigenvalue weighted by Gasteiger charge is 2.13. The first-order chi connectivity index (χ1) is 8.13. The lowest BCUT2D eigenvalue weighted by Gasteiger charge is -2.02. The molecule has 1 amide bonds. The van der Waals surface area contributed by atoms with Crippen LogP contribution < -0.4 is 11.5 Å². The van der Waals surface area contributed by atoms with Crippen molar-refractivity contribution < 1.29 is 4.79 Å². The molecular weight excluding hydrogens is 218 g/mol. The van der Waals surface area contributed by atoms with E-state index in [9.17, 15) is 4.79 Å². The third kappa shape index (κ3) is 1.81. The number of hydrogen-bond acceptors (Lipinski definition) is 4. The molecule has 0 unspecified atom stereocenters. The molecule has 0 aliphatic rings. The number of benzene rings is 1. The molecular formula is C11H9N5O. The lowest BCUT2D eigenvalue weighted by Crippen LogP contribution is -2.14. The van der Waals surface area contributed by atoms with Crippen LogP contribution in [-0.4, -0.2) is 15.7 Å². The molecule has 84 valence electrons. The van der Waals surface area contributed by atoms with E-state index in [4.69, 9.17) is 16.7 Å². The number of carbonyl (C=O) groups is 1. The fourth-order valence-electron chi connectivity index (χ4n) is 1.47. The maximum atomic E-state index is 11.0. The number of rotatable bonds is 2. The molecule has 0 aliphatic carbocycles. The zero-order valence-electron chi connectivity index (χ0n) is 8.79. The Hall–Kier alpha value is -2.81. The van der Waals surface area contributed by atoms with E-state index in [1.165, 1.54) is 10.9 Å². The van der Waals surface area contributed by atoms with Gasteiger partial charge in [0.1, 0.15) is 6.07 Å². The Morgan fingerprint density at radius 1 is 1.41 bits per heavy atom. The summed E-state index contributed by atoms with van der Waals surface area (Å²) < 4.78 is 1.37. The van der Waals surface area contributed by atoms with Gasteiger partial charge in [-0.15, -0.1) is 0 Å². The van der Waals surface area contributed by atoms with E-state index in [-0.39, 0.29) is 11.4 Å². The Labute approximate surface area is 97.1 Å². The third-order valence-electron chi connectivity index (χ3n) is 2.25. The second-order valence-electron chi connectivity index (χ2n) is 3.37. The monoisotopic (exact) mass is 227 g/mol. The molecule has 6 nitrogen and oxygen atoms in total. The van der Waals surface area contributed by atoms with Gasteiger partial charge in [0.25, 0.3) is 5.91 Å². The van der Waals surface area contributed by atoms with E-state index in [2.05, 4.69) is 5.10 Å². The van der Waals surface area contributed by atoms with Gasteiger partial charge in [0.2, 0.25) is 0 Å². The first-order valence-corrected chi connectivity index (χ1v) is 4.78. The molecule has 1 heterocycles. The molecule has 1 aromatic carbocycles. The van der Waals surface area contributed by atoms with Crippen molar-refractivity contribution in [2.45, 2.75) is 0 Å². The van der Waals surface area contributed by atoms with Crippen molar-refractivity contribution in [3.8, 4) is 11.8 Å². The fourth-order valence-corrected chi connectivity index (χ4v) is 1.47. The van der Waals surface area contributed by atoms with Crippen LogP contribution in [-0.2, 0) is 0 Å². The minimum Gasteiger partial charge on any atom is -0.396 e. The van der Waals surface area contributed by atoms with E-state index < -0.39 is 5.91 Å². The number of nitrogen functional groups attached to an aromatic ring is 1. The maximum Gasteiger partial charge on any atom is 0.271 e. The molecule has 0 radical (unpaired) electrons. The summed E-state index contributed by atoms with van der Waals surface area (Å²) in [6, 6.07) is 8.89. The number of carbonyl (C=O) groups excluding carboxylic acids is 1. The van der Waals surface area contributed by atoms with E-state index in [0.717, 1.165) is 0 Å². The van der Waals surface area contributed by atoms with Crippen molar-refractivity contribution in [1.82, 2.24) is 9.78 Å². The second-order valence-corrected chi connectivity index (χ2v) is 3.37. The standard InChI is InChI=1S/C11H9N5O/c12-5-7-3-1-2-4-9(7)16-6-8(13)10(15-16)11(14)17/h1-4,6H,13H2,(H2,14,17). The van der Waals surface area contributed by atoms with Crippen LogP contribution in [0.1, 0.15) is 16.1 Å². The van der Waals surface area contributed by atoms with Crippen molar-refractivity contribution in [2.24, 2.45) is 5.73 Å². The van der Waals surface area contributed by atoms with Crippen molar-refractivity contribution in [1.29, 1.82) is 5.26 Å². The fraction of sp³-hybridized carbons (Fsp3) is 0. The van der Waals surface area contributed by atoms with Gasteiger partial charge in [-0.2, -0.15) is 10.4 Å². The Balaban J connectivity index is 2.58. The zero-order chi connectivity index (χ0) is 12.4. The lowest BCUT2D eigenvalue weighted by atomic mass is 10.2. The number of hydrogen-bond donors (Lipinski definition) is 2. The first kappa shape index (κ1) is 10.7. The van der Waals surface area contributed by atoms with Crippen molar-refractivity contribution in [2.75, 3.05) is 5.73 Å². The molecule has 0 saturated heterocycles. The number of nitrogens with two attached hydrogens (primary N) is 2. The Morgan fingerprint density at radius 3 is 2.71 bits per heavy atom. The Kier molecular flexibility index (Phi) is 2.51. The minimum absolute atomic E-state index is 0.00209. The van der Waals surface area contributed by atoms with Gasteiger partial charge in [0.05, 0.1) is 23.1 Å². The Morgan fingerprint density at radius 2 is 2.12 bits per heavy atom. The lowest BCUT2D eigenvalue weighted by molar-refractivity contribution is 0.0996. The molecule has 4 N–H and O–H groups in total. The summed E-state index contributed by atoms with van der Waals surface area (Å²) in [5.74, 6) is -0.698. The average molecular weight is 227 g/mol. The van der Waals surface area contributed by atoms with Gasteiger partial charge in [-0.1, -0.05) is 12.1 Å². The van der Waals surface area contributed by atoms with Crippen LogP contribution in [0.3, 0.4) is 0 Å². The third-order valence-corrected chi connectivity index (χ3v) is 2.25. The smallest absolute Gasteiger partial charge is 0.271 e.